The number of nitrogens with one attached hydrogen (secondary N) is 1. The van der Waals surface area contributed by atoms with E-state index < -0.39 is 0 Å². The standard InChI is InChI=1S/C17H30N2O2/c1-11(2)15-7-6-13(5)8-16(15)21-17-19-14(10-20-17)9-18-12(3)4/h10-13,15-16,18H,6-9H2,1-5H3. The van der Waals surface area contributed by atoms with Gasteiger partial charge in [0, 0.05) is 12.6 Å². The summed E-state index contributed by atoms with van der Waals surface area (Å²) < 4.78 is 11.6. The maximum atomic E-state index is 6.08. The lowest BCUT2D eigenvalue weighted by molar-refractivity contribution is 0.0245. The molecule has 1 fully saturated rings. The van der Waals surface area contributed by atoms with E-state index in [1.54, 1.807) is 6.26 Å². The molecule has 0 bridgehead atoms. The summed E-state index contributed by atoms with van der Waals surface area (Å²) in [6, 6.07) is 0.440. The largest absolute Gasteiger partial charge is 0.447 e. The van der Waals surface area contributed by atoms with E-state index in [2.05, 4.69) is 44.9 Å². The highest BCUT2D eigenvalue weighted by atomic mass is 16.6. The van der Waals surface area contributed by atoms with Gasteiger partial charge in [0.25, 0.3) is 0 Å². The fourth-order valence-corrected chi connectivity index (χ4v) is 3.11. The van der Waals surface area contributed by atoms with Gasteiger partial charge in [-0.25, -0.2) is 0 Å². The molecule has 4 nitrogen and oxygen atoms in total. The van der Waals surface area contributed by atoms with Gasteiger partial charge in [-0.1, -0.05) is 41.0 Å². The molecule has 1 N–H and O–H groups in total. The van der Waals surface area contributed by atoms with Crippen molar-refractivity contribution in [3.05, 3.63) is 12.0 Å². The first kappa shape index (κ1) is 16.3. The van der Waals surface area contributed by atoms with Crippen LogP contribution in [0.1, 0.15) is 59.6 Å². The zero-order chi connectivity index (χ0) is 15.4. The van der Waals surface area contributed by atoms with Gasteiger partial charge in [0.15, 0.2) is 0 Å². The molecule has 3 atom stereocenters. The highest BCUT2D eigenvalue weighted by molar-refractivity contribution is 5.01. The zero-order valence-corrected chi connectivity index (χ0v) is 14.1. The van der Waals surface area contributed by atoms with E-state index in [0.717, 1.165) is 24.6 Å². The van der Waals surface area contributed by atoms with E-state index >= 15 is 0 Å². The van der Waals surface area contributed by atoms with Crippen LogP contribution in [0.3, 0.4) is 0 Å². The molecule has 0 aromatic carbocycles. The molecule has 21 heavy (non-hydrogen) atoms. The fourth-order valence-electron chi connectivity index (χ4n) is 3.11. The van der Waals surface area contributed by atoms with Crippen LogP contribution in [0.2, 0.25) is 0 Å². The van der Waals surface area contributed by atoms with Crippen molar-refractivity contribution < 1.29 is 9.15 Å². The molecule has 0 radical (unpaired) electrons. The summed E-state index contributed by atoms with van der Waals surface area (Å²) in [6.45, 7) is 11.8. The van der Waals surface area contributed by atoms with Gasteiger partial charge >= 0.3 is 6.08 Å². The Morgan fingerprint density at radius 2 is 2.10 bits per heavy atom. The summed E-state index contributed by atoms with van der Waals surface area (Å²) in [4.78, 5) is 4.44. The minimum absolute atomic E-state index is 0.235. The second kappa shape index (κ2) is 7.30. The van der Waals surface area contributed by atoms with Crippen LogP contribution in [0.5, 0.6) is 6.08 Å². The predicted octanol–water partition coefficient (Wildman–Crippen LogP) is 4.01. The van der Waals surface area contributed by atoms with Gasteiger partial charge in [-0.05, 0) is 30.6 Å². The van der Waals surface area contributed by atoms with Crippen molar-refractivity contribution in [2.24, 2.45) is 17.8 Å². The number of nitrogens with zero attached hydrogens (tertiary/aromatic N) is 1. The predicted molar refractivity (Wildman–Crippen MR) is 84.2 cm³/mol. The van der Waals surface area contributed by atoms with Gasteiger partial charge in [0.05, 0.1) is 5.69 Å². The van der Waals surface area contributed by atoms with Gasteiger partial charge < -0.3 is 14.5 Å². The van der Waals surface area contributed by atoms with E-state index in [4.69, 9.17) is 9.15 Å². The van der Waals surface area contributed by atoms with Crippen LogP contribution in [0, 0.1) is 17.8 Å². The average molecular weight is 294 g/mol. The van der Waals surface area contributed by atoms with Crippen LogP contribution in [-0.2, 0) is 6.54 Å². The molecule has 120 valence electrons. The second-order valence-electron chi connectivity index (χ2n) is 7.12. The Labute approximate surface area is 128 Å². The molecule has 1 aliphatic carbocycles. The van der Waals surface area contributed by atoms with Crippen molar-refractivity contribution in [3.63, 3.8) is 0 Å². The van der Waals surface area contributed by atoms with Crippen molar-refractivity contribution >= 4 is 0 Å². The Hall–Kier alpha value is -1.03. The van der Waals surface area contributed by atoms with E-state index in [1.165, 1.54) is 12.8 Å². The van der Waals surface area contributed by atoms with E-state index in [9.17, 15) is 0 Å². The average Bonchev–Trinajstić information content (AvgIpc) is 2.83. The topological polar surface area (TPSA) is 47.3 Å². The Morgan fingerprint density at radius 3 is 2.76 bits per heavy atom. The van der Waals surface area contributed by atoms with Crippen molar-refractivity contribution in [2.75, 3.05) is 0 Å². The molecule has 4 heteroatoms. The lowest BCUT2D eigenvalue weighted by atomic mass is 9.75. The van der Waals surface area contributed by atoms with Crippen LogP contribution in [0.15, 0.2) is 10.7 Å². The van der Waals surface area contributed by atoms with Crippen molar-refractivity contribution in [1.29, 1.82) is 0 Å². The Balaban J connectivity index is 1.95. The molecule has 0 aliphatic heterocycles. The van der Waals surface area contributed by atoms with Gasteiger partial charge in [-0.2, -0.15) is 4.98 Å². The number of oxazole rings is 1. The normalized spacial score (nSPS) is 26.5. The number of hydrogen-bond donors (Lipinski definition) is 1. The third-order valence-electron chi connectivity index (χ3n) is 4.44. The molecular formula is C17H30N2O2. The highest BCUT2D eigenvalue weighted by Crippen LogP contribution is 2.35. The number of rotatable bonds is 6. The Morgan fingerprint density at radius 1 is 1.33 bits per heavy atom. The molecule has 1 saturated carbocycles. The third kappa shape index (κ3) is 4.73. The zero-order valence-electron chi connectivity index (χ0n) is 14.1. The highest BCUT2D eigenvalue weighted by Gasteiger charge is 2.33. The van der Waals surface area contributed by atoms with Crippen molar-refractivity contribution in [3.8, 4) is 6.08 Å². The minimum Gasteiger partial charge on any atom is -0.447 e. The molecule has 1 aromatic heterocycles. The molecule has 1 aliphatic rings. The lowest BCUT2D eigenvalue weighted by Crippen LogP contribution is -2.36. The monoisotopic (exact) mass is 294 g/mol. The van der Waals surface area contributed by atoms with Gasteiger partial charge in [-0.3, -0.25) is 0 Å². The van der Waals surface area contributed by atoms with Crippen molar-refractivity contribution in [2.45, 2.75) is 72.6 Å². The third-order valence-corrected chi connectivity index (χ3v) is 4.44. The Kier molecular flexibility index (Phi) is 5.68. The molecular weight excluding hydrogens is 264 g/mol. The fraction of sp³-hybridized carbons (Fsp3) is 0.824. The van der Waals surface area contributed by atoms with Crippen LogP contribution >= 0.6 is 0 Å². The van der Waals surface area contributed by atoms with Crippen LogP contribution in [0.4, 0.5) is 0 Å². The summed E-state index contributed by atoms with van der Waals surface area (Å²) in [7, 11) is 0. The minimum atomic E-state index is 0.235. The lowest BCUT2D eigenvalue weighted by Gasteiger charge is -2.36. The van der Waals surface area contributed by atoms with Crippen molar-refractivity contribution in [1.82, 2.24) is 10.3 Å². The van der Waals surface area contributed by atoms with Gasteiger partial charge in [0.1, 0.15) is 12.4 Å². The molecule has 3 unspecified atom stereocenters. The first-order valence-corrected chi connectivity index (χ1v) is 8.30. The number of ether oxygens (including phenoxy) is 1. The molecule has 1 heterocycles. The molecule has 0 saturated heterocycles. The van der Waals surface area contributed by atoms with Crippen LogP contribution in [0.25, 0.3) is 0 Å². The molecule has 1 aromatic rings. The summed E-state index contributed by atoms with van der Waals surface area (Å²) >= 11 is 0. The van der Waals surface area contributed by atoms with Gasteiger partial charge in [0.2, 0.25) is 0 Å². The second-order valence-corrected chi connectivity index (χ2v) is 7.12. The van der Waals surface area contributed by atoms with E-state index in [-0.39, 0.29) is 6.10 Å². The number of aromatic nitrogens is 1. The first-order chi connectivity index (χ1) is 9.95. The molecule has 0 amide bonds. The first-order valence-electron chi connectivity index (χ1n) is 8.30. The van der Waals surface area contributed by atoms with E-state index in [1.807, 2.05) is 0 Å². The summed E-state index contributed by atoms with van der Waals surface area (Å²) in [5.74, 6) is 1.96. The summed E-state index contributed by atoms with van der Waals surface area (Å²) in [5, 5.41) is 3.33. The SMILES string of the molecule is CC1CCC(C(C)C)C(Oc2nc(CNC(C)C)co2)C1. The summed E-state index contributed by atoms with van der Waals surface area (Å²) in [6.07, 6.45) is 6.01. The maximum absolute atomic E-state index is 6.08. The van der Waals surface area contributed by atoms with Crippen LogP contribution < -0.4 is 10.1 Å². The number of hydrogen-bond acceptors (Lipinski definition) is 4. The van der Waals surface area contributed by atoms with Gasteiger partial charge in [-0.15, -0.1) is 0 Å². The smallest absolute Gasteiger partial charge is 0.394 e. The van der Waals surface area contributed by atoms with E-state index in [0.29, 0.717) is 24.0 Å². The molecule has 0 spiro atoms. The van der Waals surface area contributed by atoms with Crippen LogP contribution in [-0.4, -0.2) is 17.1 Å². The Bertz CT molecular complexity index is 428. The quantitative estimate of drug-likeness (QED) is 0.861. The molecule has 2 rings (SSSR count). The maximum Gasteiger partial charge on any atom is 0.394 e. The summed E-state index contributed by atoms with van der Waals surface area (Å²) in [5.41, 5.74) is 0.906.